The zero-order chi connectivity index (χ0) is 25.8. The van der Waals surface area contributed by atoms with E-state index in [0.717, 1.165) is 25.2 Å². The van der Waals surface area contributed by atoms with Crippen LogP contribution in [0.15, 0.2) is 42.5 Å². The maximum Gasteiger partial charge on any atom is 0.433 e. The van der Waals surface area contributed by atoms with E-state index in [2.05, 4.69) is 15.0 Å². The van der Waals surface area contributed by atoms with E-state index < -0.39 is 39.5 Å². The summed E-state index contributed by atoms with van der Waals surface area (Å²) < 4.78 is 78.7. The van der Waals surface area contributed by atoms with Crippen molar-refractivity contribution in [2.45, 2.75) is 57.3 Å². The number of nitrogens with one attached hydrogen (secondary N) is 2. The second kappa shape index (κ2) is 10.9. The fraction of sp³-hybridized carbons (Fsp3) is 0.417. The van der Waals surface area contributed by atoms with Crippen molar-refractivity contribution in [3.8, 4) is 0 Å². The number of amides is 1. The smallest absolute Gasteiger partial charge is 0.351 e. The maximum absolute atomic E-state index is 14.4. The van der Waals surface area contributed by atoms with Crippen LogP contribution in [0.4, 0.5) is 17.6 Å². The molecule has 1 aliphatic carbocycles. The molecule has 0 bridgehead atoms. The van der Waals surface area contributed by atoms with E-state index in [4.69, 9.17) is 0 Å². The molecule has 2 atom stereocenters. The van der Waals surface area contributed by atoms with Gasteiger partial charge >= 0.3 is 6.18 Å². The third-order valence-corrected chi connectivity index (χ3v) is 6.53. The van der Waals surface area contributed by atoms with Gasteiger partial charge in [-0.3, -0.25) is 4.79 Å². The molecule has 1 aliphatic rings. The average molecular weight is 514 g/mol. The largest absolute Gasteiger partial charge is 0.433 e. The molecular weight excluding hydrogens is 486 g/mol. The Balaban J connectivity index is 1.73. The number of aromatic nitrogens is 1. The van der Waals surface area contributed by atoms with Gasteiger partial charge < -0.3 is 5.32 Å². The summed E-state index contributed by atoms with van der Waals surface area (Å²) in [6.45, 7) is 1.34. The summed E-state index contributed by atoms with van der Waals surface area (Å²) in [6, 6.07) is 6.34. The molecule has 35 heavy (non-hydrogen) atoms. The van der Waals surface area contributed by atoms with Gasteiger partial charge in [0.2, 0.25) is 15.9 Å². The molecule has 3 rings (SSSR count). The molecule has 2 N–H and O–H groups in total. The van der Waals surface area contributed by atoms with Crippen molar-refractivity contribution in [1.29, 1.82) is 0 Å². The first-order chi connectivity index (χ1) is 16.3. The number of hydrogen-bond acceptors (Lipinski definition) is 4. The SMILES string of the molecule is CC(C(=O)NCc1ccc(C(F)(F)F)nc1C1C=CCCC1)c1ccc(CNS(C)(=O)=O)c(F)c1. The lowest BCUT2D eigenvalue weighted by molar-refractivity contribution is -0.141. The van der Waals surface area contributed by atoms with Gasteiger partial charge in [-0.1, -0.05) is 30.4 Å². The van der Waals surface area contributed by atoms with E-state index in [9.17, 15) is 30.8 Å². The van der Waals surface area contributed by atoms with Gasteiger partial charge in [0, 0.05) is 24.6 Å². The van der Waals surface area contributed by atoms with Gasteiger partial charge in [0.15, 0.2) is 0 Å². The lowest BCUT2D eigenvalue weighted by atomic mass is 9.90. The normalized spacial score (nSPS) is 17.3. The second-order valence-corrected chi connectivity index (χ2v) is 10.4. The Bertz CT molecular complexity index is 1210. The standard InChI is InChI=1S/C24H27F4N3O3S/c1-15(17-8-9-18(20(25)12-17)14-30-35(2,33)34)23(32)29-13-19-10-11-21(24(26,27)28)31-22(19)16-6-4-3-5-7-16/h4,6,8-12,15-16,30H,3,5,7,13-14H2,1-2H3,(H,29,32). The Morgan fingerprint density at radius 2 is 1.89 bits per heavy atom. The van der Waals surface area contributed by atoms with E-state index in [1.54, 1.807) is 6.92 Å². The number of allylic oxidation sites excluding steroid dienone is 2. The average Bonchev–Trinajstić information content (AvgIpc) is 2.80. The third-order valence-electron chi connectivity index (χ3n) is 5.86. The van der Waals surface area contributed by atoms with E-state index >= 15 is 0 Å². The van der Waals surface area contributed by atoms with Crippen molar-refractivity contribution in [1.82, 2.24) is 15.0 Å². The minimum atomic E-state index is -4.57. The van der Waals surface area contributed by atoms with Crippen molar-refractivity contribution in [2.75, 3.05) is 6.26 Å². The highest BCUT2D eigenvalue weighted by Gasteiger charge is 2.34. The number of pyridine rings is 1. The molecule has 1 aromatic carbocycles. The molecule has 0 spiro atoms. The minimum absolute atomic E-state index is 0.0210. The first kappa shape index (κ1) is 26.8. The summed E-state index contributed by atoms with van der Waals surface area (Å²) >= 11 is 0. The molecule has 0 fully saturated rings. The van der Waals surface area contributed by atoms with Crippen molar-refractivity contribution >= 4 is 15.9 Å². The van der Waals surface area contributed by atoms with Crippen molar-refractivity contribution in [3.05, 3.63) is 76.4 Å². The van der Waals surface area contributed by atoms with Gasteiger partial charge in [-0.05, 0) is 49.4 Å². The second-order valence-electron chi connectivity index (χ2n) is 8.59. The lowest BCUT2D eigenvalue weighted by Gasteiger charge is -2.21. The van der Waals surface area contributed by atoms with Crippen molar-refractivity contribution < 1.29 is 30.8 Å². The predicted molar refractivity (Wildman–Crippen MR) is 123 cm³/mol. The maximum atomic E-state index is 14.4. The summed E-state index contributed by atoms with van der Waals surface area (Å²) in [6.07, 6.45) is 2.53. The Morgan fingerprint density at radius 3 is 2.49 bits per heavy atom. The molecule has 2 unspecified atom stereocenters. The molecule has 1 heterocycles. The van der Waals surface area contributed by atoms with Gasteiger partial charge in [0.25, 0.3) is 0 Å². The zero-order valence-corrected chi connectivity index (χ0v) is 20.1. The lowest BCUT2D eigenvalue weighted by Crippen LogP contribution is -2.28. The molecular formula is C24H27F4N3O3S. The van der Waals surface area contributed by atoms with Gasteiger partial charge in [0.1, 0.15) is 11.5 Å². The minimum Gasteiger partial charge on any atom is -0.351 e. The molecule has 6 nitrogen and oxygen atoms in total. The highest BCUT2D eigenvalue weighted by molar-refractivity contribution is 7.88. The molecule has 1 amide bonds. The molecule has 11 heteroatoms. The van der Waals surface area contributed by atoms with Crippen molar-refractivity contribution in [3.63, 3.8) is 0 Å². The van der Waals surface area contributed by atoms with Crippen LogP contribution in [0, 0.1) is 5.82 Å². The Kier molecular flexibility index (Phi) is 8.32. The number of benzene rings is 1. The van der Waals surface area contributed by atoms with Crippen molar-refractivity contribution in [2.24, 2.45) is 0 Å². The van der Waals surface area contributed by atoms with Gasteiger partial charge in [0.05, 0.1) is 17.9 Å². The number of nitrogens with zero attached hydrogens (tertiary/aromatic N) is 1. The molecule has 2 aromatic rings. The number of carbonyl (C=O) groups excluding carboxylic acids is 1. The Labute approximate surface area is 201 Å². The van der Waals surface area contributed by atoms with Crippen LogP contribution in [0.25, 0.3) is 0 Å². The number of sulfonamides is 1. The van der Waals surface area contributed by atoms with Crippen LogP contribution in [-0.2, 0) is 34.1 Å². The molecule has 0 aliphatic heterocycles. The van der Waals surface area contributed by atoms with Crippen LogP contribution in [0.1, 0.15) is 66.1 Å². The van der Waals surface area contributed by atoms with Gasteiger partial charge in [-0.2, -0.15) is 13.2 Å². The van der Waals surface area contributed by atoms with E-state index in [0.29, 0.717) is 17.5 Å². The molecule has 0 radical (unpaired) electrons. The van der Waals surface area contributed by atoms with Crippen LogP contribution in [0.3, 0.4) is 0 Å². The molecule has 0 saturated carbocycles. The van der Waals surface area contributed by atoms with Crippen LogP contribution in [-0.4, -0.2) is 25.6 Å². The van der Waals surface area contributed by atoms with Gasteiger partial charge in [-0.15, -0.1) is 0 Å². The van der Waals surface area contributed by atoms with Crippen LogP contribution in [0.5, 0.6) is 0 Å². The van der Waals surface area contributed by atoms with E-state index in [1.807, 2.05) is 12.2 Å². The van der Waals surface area contributed by atoms with Crippen LogP contribution < -0.4 is 10.0 Å². The highest BCUT2D eigenvalue weighted by Crippen LogP contribution is 2.33. The van der Waals surface area contributed by atoms with E-state index in [-0.39, 0.29) is 30.3 Å². The topological polar surface area (TPSA) is 88.2 Å². The Hall–Kier alpha value is -2.79. The monoisotopic (exact) mass is 513 g/mol. The van der Waals surface area contributed by atoms with Gasteiger partial charge in [-0.25, -0.2) is 22.5 Å². The fourth-order valence-electron chi connectivity index (χ4n) is 3.84. The number of carbonyl (C=O) groups is 1. The number of hydrogen-bond donors (Lipinski definition) is 2. The van der Waals surface area contributed by atoms with E-state index in [1.165, 1.54) is 24.3 Å². The molecule has 190 valence electrons. The number of alkyl halides is 3. The first-order valence-corrected chi connectivity index (χ1v) is 13.0. The molecule has 0 saturated heterocycles. The summed E-state index contributed by atoms with van der Waals surface area (Å²) in [4.78, 5) is 16.6. The summed E-state index contributed by atoms with van der Waals surface area (Å²) in [5.74, 6) is -2.10. The first-order valence-electron chi connectivity index (χ1n) is 11.1. The number of halogens is 4. The fourth-order valence-corrected chi connectivity index (χ4v) is 4.26. The third kappa shape index (κ3) is 7.35. The quantitative estimate of drug-likeness (QED) is 0.401. The molecule has 1 aromatic heterocycles. The van der Waals surface area contributed by atoms with Crippen LogP contribution >= 0.6 is 0 Å². The van der Waals surface area contributed by atoms with Crippen LogP contribution in [0.2, 0.25) is 0 Å². The number of rotatable bonds is 8. The summed E-state index contributed by atoms with van der Waals surface area (Å²) in [5.41, 5.74) is 0.314. The summed E-state index contributed by atoms with van der Waals surface area (Å²) in [7, 11) is -3.49. The summed E-state index contributed by atoms with van der Waals surface area (Å²) in [5, 5.41) is 2.72. The zero-order valence-electron chi connectivity index (χ0n) is 19.3. The predicted octanol–water partition coefficient (Wildman–Crippen LogP) is 4.53. The Morgan fingerprint density at radius 1 is 1.17 bits per heavy atom. The highest BCUT2D eigenvalue weighted by atomic mass is 32.2.